The quantitative estimate of drug-likeness (QED) is 0.796. The smallest absolute Gasteiger partial charge is 0.220 e. The van der Waals surface area contributed by atoms with E-state index in [1.165, 1.54) is 11.3 Å². The van der Waals surface area contributed by atoms with Crippen LogP contribution in [0.25, 0.3) is 5.13 Å². The second-order valence-corrected chi connectivity index (χ2v) is 5.18. The second-order valence-electron chi connectivity index (χ2n) is 3.96. The number of alkyl halides is 1. The Labute approximate surface area is 120 Å². The first kappa shape index (κ1) is 14.0. The van der Waals surface area contributed by atoms with Crippen LogP contribution in [0.5, 0.6) is 0 Å². The van der Waals surface area contributed by atoms with Gasteiger partial charge in [0.15, 0.2) is 0 Å². The molecule has 2 aromatic rings. The molecule has 102 valence electrons. The monoisotopic (exact) mass is 298 g/mol. The second kappa shape index (κ2) is 7.25. The number of carbonyl (C=O) groups is 1. The van der Waals surface area contributed by atoms with Crippen LogP contribution >= 0.6 is 22.9 Å². The van der Waals surface area contributed by atoms with Crippen molar-refractivity contribution < 1.29 is 4.79 Å². The molecule has 0 atom stereocenters. The lowest BCUT2D eigenvalue weighted by atomic mass is 10.3. The predicted octanol–water partition coefficient (Wildman–Crippen LogP) is 2.01. The summed E-state index contributed by atoms with van der Waals surface area (Å²) in [5.74, 6) is 0.565. The Morgan fingerprint density at radius 1 is 1.53 bits per heavy atom. The summed E-state index contributed by atoms with van der Waals surface area (Å²) in [5, 5.41) is 9.81. The SMILES string of the molecule is O=C(CCCCl)NCCc1csc(-n2cccn2)n1. The van der Waals surface area contributed by atoms with E-state index in [-0.39, 0.29) is 5.91 Å². The Kier molecular flexibility index (Phi) is 5.35. The number of carbonyl (C=O) groups excluding carboxylic acids is 1. The molecule has 2 rings (SSSR count). The number of thiazole rings is 1. The van der Waals surface area contributed by atoms with Gasteiger partial charge in [0.05, 0.1) is 5.69 Å². The largest absolute Gasteiger partial charge is 0.356 e. The fourth-order valence-corrected chi connectivity index (χ4v) is 2.48. The molecule has 0 saturated carbocycles. The molecule has 0 unspecified atom stereocenters. The van der Waals surface area contributed by atoms with E-state index >= 15 is 0 Å². The third-order valence-electron chi connectivity index (χ3n) is 2.48. The minimum absolute atomic E-state index is 0.0446. The van der Waals surface area contributed by atoms with E-state index in [1.807, 2.05) is 17.6 Å². The molecular weight excluding hydrogens is 284 g/mol. The summed E-state index contributed by atoms with van der Waals surface area (Å²) in [7, 11) is 0. The van der Waals surface area contributed by atoms with Gasteiger partial charge < -0.3 is 5.32 Å². The number of amides is 1. The minimum Gasteiger partial charge on any atom is -0.356 e. The highest BCUT2D eigenvalue weighted by molar-refractivity contribution is 7.12. The molecule has 1 N–H and O–H groups in total. The number of nitrogens with one attached hydrogen (secondary N) is 1. The van der Waals surface area contributed by atoms with Crippen molar-refractivity contribution in [1.29, 1.82) is 0 Å². The summed E-state index contributed by atoms with van der Waals surface area (Å²) in [4.78, 5) is 15.8. The molecule has 5 nitrogen and oxygen atoms in total. The molecular formula is C12H15ClN4OS. The number of aromatic nitrogens is 3. The Hall–Kier alpha value is -1.40. The average Bonchev–Trinajstić information content (AvgIpc) is 3.06. The van der Waals surface area contributed by atoms with Crippen LogP contribution in [0.15, 0.2) is 23.8 Å². The van der Waals surface area contributed by atoms with Crippen molar-refractivity contribution in [2.75, 3.05) is 12.4 Å². The number of nitrogens with zero attached hydrogens (tertiary/aromatic N) is 3. The fourth-order valence-electron chi connectivity index (χ4n) is 1.54. The van der Waals surface area contributed by atoms with Gasteiger partial charge in [0.2, 0.25) is 11.0 Å². The normalized spacial score (nSPS) is 10.6. The van der Waals surface area contributed by atoms with Crippen molar-refractivity contribution in [1.82, 2.24) is 20.1 Å². The van der Waals surface area contributed by atoms with Gasteiger partial charge >= 0.3 is 0 Å². The maximum absolute atomic E-state index is 11.4. The Bertz CT molecular complexity index is 512. The van der Waals surface area contributed by atoms with Crippen LogP contribution < -0.4 is 5.32 Å². The molecule has 0 radical (unpaired) electrons. The molecule has 7 heteroatoms. The van der Waals surface area contributed by atoms with Crippen LogP contribution in [0.2, 0.25) is 0 Å². The minimum atomic E-state index is 0.0446. The zero-order chi connectivity index (χ0) is 13.5. The van der Waals surface area contributed by atoms with Crippen molar-refractivity contribution in [3.63, 3.8) is 0 Å². The molecule has 2 aromatic heterocycles. The summed E-state index contributed by atoms with van der Waals surface area (Å²) in [6, 6.07) is 1.86. The fraction of sp³-hybridized carbons (Fsp3) is 0.417. The molecule has 0 aromatic carbocycles. The van der Waals surface area contributed by atoms with E-state index in [0.717, 1.165) is 17.2 Å². The van der Waals surface area contributed by atoms with Crippen molar-refractivity contribution in [3.05, 3.63) is 29.5 Å². The van der Waals surface area contributed by atoms with Gasteiger partial charge in [-0.3, -0.25) is 4.79 Å². The Morgan fingerprint density at radius 3 is 3.16 bits per heavy atom. The van der Waals surface area contributed by atoms with Gasteiger partial charge in [-0.2, -0.15) is 5.10 Å². The highest BCUT2D eigenvalue weighted by Crippen LogP contribution is 2.13. The molecule has 0 fully saturated rings. The maximum Gasteiger partial charge on any atom is 0.220 e. The van der Waals surface area contributed by atoms with E-state index in [4.69, 9.17) is 11.6 Å². The third-order valence-corrected chi connectivity index (χ3v) is 3.63. The average molecular weight is 299 g/mol. The highest BCUT2D eigenvalue weighted by atomic mass is 35.5. The van der Waals surface area contributed by atoms with Crippen LogP contribution in [0.3, 0.4) is 0 Å². The summed E-state index contributed by atoms with van der Waals surface area (Å²) in [5.41, 5.74) is 0.966. The van der Waals surface area contributed by atoms with Crippen molar-refractivity contribution >= 4 is 28.8 Å². The molecule has 19 heavy (non-hydrogen) atoms. The van der Waals surface area contributed by atoms with Crippen LogP contribution in [0.1, 0.15) is 18.5 Å². The van der Waals surface area contributed by atoms with Gasteiger partial charge in [0, 0.05) is 43.0 Å². The van der Waals surface area contributed by atoms with Gasteiger partial charge in [-0.1, -0.05) is 0 Å². The standard InChI is InChI=1S/C12H15ClN4OS/c13-5-1-3-11(18)14-7-4-10-9-19-12(16-10)17-8-2-6-15-17/h2,6,8-9H,1,3-5,7H2,(H,14,18). The first-order valence-electron chi connectivity index (χ1n) is 6.06. The van der Waals surface area contributed by atoms with E-state index in [0.29, 0.717) is 25.3 Å². The van der Waals surface area contributed by atoms with Crippen molar-refractivity contribution in [2.24, 2.45) is 0 Å². The van der Waals surface area contributed by atoms with Crippen LogP contribution in [-0.4, -0.2) is 33.1 Å². The molecule has 0 bridgehead atoms. The van der Waals surface area contributed by atoms with Gasteiger partial charge in [-0.15, -0.1) is 22.9 Å². The summed E-state index contributed by atoms with van der Waals surface area (Å²) >= 11 is 7.07. The molecule has 0 saturated heterocycles. The van der Waals surface area contributed by atoms with Crippen molar-refractivity contribution in [3.8, 4) is 5.13 Å². The Morgan fingerprint density at radius 2 is 2.42 bits per heavy atom. The van der Waals surface area contributed by atoms with E-state index < -0.39 is 0 Å². The van der Waals surface area contributed by atoms with Gasteiger partial charge in [-0.25, -0.2) is 9.67 Å². The summed E-state index contributed by atoms with van der Waals surface area (Å²) < 4.78 is 1.73. The summed E-state index contributed by atoms with van der Waals surface area (Å²) in [6.45, 7) is 0.601. The van der Waals surface area contributed by atoms with Crippen molar-refractivity contribution in [2.45, 2.75) is 19.3 Å². The first-order chi connectivity index (χ1) is 9.29. The summed E-state index contributed by atoms with van der Waals surface area (Å²) in [6.07, 6.45) is 5.51. The third kappa shape index (κ3) is 4.33. The Balaban J connectivity index is 1.76. The van der Waals surface area contributed by atoms with Crippen LogP contribution in [-0.2, 0) is 11.2 Å². The van der Waals surface area contributed by atoms with E-state index in [1.54, 1.807) is 10.9 Å². The van der Waals surface area contributed by atoms with E-state index in [2.05, 4.69) is 15.4 Å². The highest BCUT2D eigenvalue weighted by Gasteiger charge is 2.05. The molecule has 0 spiro atoms. The molecule has 0 aliphatic carbocycles. The number of rotatable bonds is 7. The van der Waals surface area contributed by atoms with Gasteiger partial charge in [0.1, 0.15) is 0 Å². The number of halogens is 1. The zero-order valence-corrected chi connectivity index (χ0v) is 12.0. The van der Waals surface area contributed by atoms with Gasteiger partial charge in [0.25, 0.3) is 0 Å². The van der Waals surface area contributed by atoms with Gasteiger partial charge in [-0.05, 0) is 12.5 Å². The lowest BCUT2D eigenvalue weighted by Gasteiger charge is -2.02. The van der Waals surface area contributed by atoms with Crippen LogP contribution in [0.4, 0.5) is 0 Å². The van der Waals surface area contributed by atoms with Crippen LogP contribution in [0, 0.1) is 0 Å². The number of hydrogen-bond acceptors (Lipinski definition) is 4. The predicted molar refractivity (Wildman–Crippen MR) is 75.9 cm³/mol. The van der Waals surface area contributed by atoms with E-state index in [9.17, 15) is 4.79 Å². The first-order valence-corrected chi connectivity index (χ1v) is 7.48. The number of hydrogen-bond donors (Lipinski definition) is 1. The molecule has 0 aliphatic heterocycles. The zero-order valence-electron chi connectivity index (χ0n) is 10.4. The molecule has 2 heterocycles. The molecule has 0 aliphatic rings. The maximum atomic E-state index is 11.4. The lowest BCUT2D eigenvalue weighted by Crippen LogP contribution is -2.25. The molecule has 1 amide bonds. The topological polar surface area (TPSA) is 59.8 Å². The lowest BCUT2D eigenvalue weighted by molar-refractivity contribution is -0.121.